The Labute approximate surface area is 113 Å². The van der Waals surface area contributed by atoms with Crippen molar-refractivity contribution in [2.75, 3.05) is 6.54 Å². The lowest BCUT2D eigenvalue weighted by Crippen LogP contribution is -2.42. The van der Waals surface area contributed by atoms with Gasteiger partial charge in [-0.3, -0.25) is 0 Å². The van der Waals surface area contributed by atoms with Crippen LogP contribution in [-0.2, 0) is 0 Å². The number of benzene rings is 1. The van der Waals surface area contributed by atoms with Gasteiger partial charge in [-0.1, -0.05) is 57.5 Å². The molecule has 0 saturated heterocycles. The van der Waals surface area contributed by atoms with Gasteiger partial charge in [0.2, 0.25) is 0 Å². The summed E-state index contributed by atoms with van der Waals surface area (Å²) in [6, 6.07) is 10.9. The molecule has 0 fully saturated rings. The molecular weight excluding hydrogens is 218 g/mol. The van der Waals surface area contributed by atoms with E-state index in [1.807, 2.05) is 0 Å². The minimum absolute atomic E-state index is 0.247. The van der Waals surface area contributed by atoms with Crippen LogP contribution in [0.3, 0.4) is 0 Å². The van der Waals surface area contributed by atoms with E-state index in [0.29, 0.717) is 11.8 Å². The molecule has 0 bridgehead atoms. The van der Waals surface area contributed by atoms with Crippen LogP contribution in [0, 0.1) is 5.92 Å². The maximum atomic E-state index is 3.74. The smallest absolute Gasteiger partial charge is 0.0125 e. The summed E-state index contributed by atoms with van der Waals surface area (Å²) in [6.07, 6.45) is 2.46. The Morgan fingerprint density at radius 3 is 2.22 bits per heavy atom. The Balaban J connectivity index is 2.65. The molecule has 0 heterocycles. The van der Waals surface area contributed by atoms with Crippen molar-refractivity contribution in [1.82, 2.24) is 5.32 Å². The summed E-state index contributed by atoms with van der Waals surface area (Å²) in [5, 5.41) is 3.74. The second-order valence-corrected chi connectivity index (χ2v) is 6.28. The van der Waals surface area contributed by atoms with Gasteiger partial charge < -0.3 is 5.32 Å². The Morgan fingerprint density at radius 1 is 1.11 bits per heavy atom. The summed E-state index contributed by atoms with van der Waals surface area (Å²) in [7, 11) is 0. The molecule has 0 radical (unpaired) electrons. The first-order chi connectivity index (χ1) is 8.46. The maximum absolute atomic E-state index is 3.74. The molecule has 0 saturated carbocycles. The molecular formula is C17H29N. The van der Waals surface area contributed by atoms with E-state index in [2.05, 4.69) is 70.3 Å². The molecule has 0 aliphatic heterocycles. The van der Waals surface area contributed by atoms with Gasteiger partial charge in [0, 0.05) is 12.1 Å². The summed E-state index contributed by atoms with van der Waals surface area (Å²) in [5.41, 5.74) is 1.70. The van der Waals surface area contributed by atoms with Crippen LogP contribution in [0.15, 0.2) is 30.3 Å². The number of nitrogens with one attached hydrogen (secondary N) is 1. The molecule has 0 aliphatic rings. The van der Waals surface area contributed by atoms with E-state index >= 15 is 0 Å². The third kappa shape index (κ3) is 4.81. The highest BCUT2D eigenvalue weighted by Gasteiger charge is 2.21. The van der Waals surface area contributed by atoms with Crippen LogP contribution < -0.4 is 5.32 Å². The molecule has 102 valence electrons. The molecule has 0 spiro atoms. The zero-order valence-electron chi connectivity index (χ0n) is 12.7. The SMILES string of the molecule is CCCC(C)(C)NCC(c1ccccc1)C(C)C. The number of hydrogen-bond acceptors (Lipinski definition) is 1. The molecule has 1 aromatic carbocycles. The van der Waals surface area contributed by atoms with Gasteiger partial charge in [-0.2, -0.15) is 0 Å². The summed E-state index contributed by atoms with van der Waals surface area (Å²) in [5.74, 6) is 1.26. The van der Waals surface area contributed by atoms with Gasteiger partial charge in [-0.25, -0.2) is 0 Å². The largest absolute Gasteiger partial charge is 0.311 e. The van der Waals surface area contributed by atoms with Crippen LogP contribution in [0.1, 0.15) is 58.9 Å². The van der Waals surface area contributed by atoms with Crippen molar-refractivity contribution in [1.29, 1.82) is 0 Å². The van der Waals surface area contributed by atoms with Crippen molar-refractivity contribution in [3.8, 4) is 0 Å². The van der Waals surface area contributed by atoms with Crippen LogP contribution in [0.4, 0.5) is 0 Å². The molecule has 1 nitrogen and oxygen atoms in total. The standard InChI is InChI=1S/C17H29N/c1-6-12-17(4,5)18-13-16(14(2)3)15-10-8-7-9-11-15/h7-11,14,16,18H,6,12-13H2,1-5H3. The zero-order valence-corrected chi connectivity index (χ0v) is 12.7. The van der Waals surface area contributed by atoms with Crippen molar-refractivity contribution in [2.45, 2.75) is 58.9 Å². The summed E-state index contributed by atoms with van der Waals surface area (Å²) < 4.78 is 0. The van der Waals surface area contributed by atoms with E-state index < -0.39 is 0 Å². The highest BCUT2D eigenvalue weighted by Crippen LogP contribution is 2.24. The third-order valence-corrected chi connectivity index (χ3v) is 3.71. The minimum Gasteiger partial charge on any atom is -0.311 e. The van der Waals surface area contributed by atoms with Crippen molar-refractivity contribution >= 4 is 0 Å². The molecule has 1 N–H and O–H groups in total. The minimum atomic E-state index is 0.247. The fraction of sp³-hybridized carbons (Fsp3) is 0.647. The molecule has 0 aliphatic carbocycles. The Bertz CT molecular complexity index is 327. The van der Waals surface area contributed by atoms with Crippen molar-refractivity contribution < 1.29 is 0 Å². The van der Waals surface area contributed by atoms with Gasteiger partial charge in [0.25, 0.3) is 0 Å². The Hall–Kier alpha value is -0.820. The fourth-order valence-electron chi connectivity index (χ4n) is 2.54. The molecule has 0 aromatic heterocycles. The lowest BCUT2D eigenvalue weighted by atomic mass is 9.87. The third-order valence-electron chi connectivity index (χ3n) is 3.71. The Kier molecular flexibility index (Phi) is 5.87. The van der Waals surface area contributed by atoms with E-state index in [9.17, 15) is 0 Å². The summed E-state index contributed by atoms with van der Waals surface area (Å²) in [4.78, 5) is 0. The van der Waals surface area contributed by atoms with Crippen LogP contribution in [0.25, 0.3) is 0 Å². The predicted octanol–water partition coefficient (Wildman–Crippen LogP) is 4.59. The van der Waals surface area contributed by atoms with Gasteiger partial charge in [0.05, 0.1) is 0 Å². The van der Waals surface area contributed by atoms with Crippen molar-refractivity contribution in [3.05, 3.63) is 35.9 Å². The molecule has 1 rings (SSSR count). The van der Waals surface area contributed by atoms with E-state index in [1.165, 1.54) is 18.4 Å². The van der Waals surface area contributed by atoms with Crippen molar-refractivity contribution in [2.24, 2.45) is 5.92 Å². The van der Waals surface area contributed by atoms with Gasteiger partial charge in [-0.15, -0.1) is 0 Å². The first-order valence-corrected chi connectivity index (χ1v) is 7.26. The summed E-state index contributed by atoms with van der Waals surface area (Å²) in [6.45, 7) is 12.5. The molecule has 18 heavy (non-hydrogen) atoms. The lowest BCUT2D eigenvalue weighted by molar-refractivity contribution is 0.328. The number of rotatable bonds is 7. The van der Waals surface area contributed by atoms with E-state index in [4.69, 9.17) is 0 Å². The van der Waals surface area contributed by atoms with Gasteiger partial charge in [0.15, 0.2) is 0 Å². The van der Waals surface area contributed by atoms with E-state index in [1.54, 1.807) is 0 Å². The highest BCUT2D eigenvalue weighted by molar-refractivity contribution is 5.20. The van der Waals surface area contributed by atoms with Crippen LogP contribution in [0.2, 0.25) is 0 Å². The average molecular weight is 247 g/mol. The van der Waals surface area contributed by atoms with Crippen LogP contribution in [-0.4, -0.2) is 12.1 Å². The second-order valence-electron chi connectivity index (χ2n) is 6.28. The predicted molar refractivity (Wildman–Crippen MR) is 81.0 cm³/mol. The first-order valence-electron chi connectivity index (χ1n) is 7.26. The quantitative estimate of drug-likeness (QED) is 0.743. The zero-order chi connectivity index (χ0) is 13.6. The van der Waals surface area contributed by atoms with Gasteiger partial charge in [-0.05, 0) is 37.7 Å². The second kappa shape index (κ2) is 6.94. The van der Waals surface area contributed by atoms with Crippen LogP contribution in [0.5, 0.6) is 0 Å². The maximum Gasteiger partial charge on any atom is 0.0125 e. The van der Waals surface area contributed by atoms with E-state index in [0.717, 1.165) is 6.54 Å². The number of hydrogen-bond donors (Lipinski definition) is 1. The summed E-state index contributed by atoms with van der Waals surface area (Å²) >= 11 is 0. The van der Waals surface area contributed by atoms with Crippen LogP contribution >= 0.6 is 0 Å². The average Bonchev–Trinajstić information content (AvgIpc) is 2.30. The molecule has 1 aromatic rings. The van der Waals surface area contributed by atoms with Crippen molar-refractivity contribution in [3.63, 3.8) is 0 Å². The first kappa shape index (κ1) is 15.2. The fourth-order valence-corrected chi connectivity index (χ4v) is 2.54. The molecule has 0 amide bonds. The molecule has 1 unspecified atom stereocenters. The normalized spacial score (nSPS) is 13.9. The Morgan fingerprint density at radius 2 is 1.72 bits per heavy atom. The van der Waals surface area contributed by atoms with E-state index in [-0.39, 0.29) is 5.54 Å². The highest BCUT2D eigenvalue weighted by atomic mass is 15.0. The van der Waals surface area contributed by atoms with Gasteiger partial charge in [0.1, 0.15) is 0 Å². The molecule has 1 heteroatoms. The lowest BCUT2D eigenvalue weighted by Gasteiger charge is -2.30. The monoisotopic (exact) mass is 247 g/mol. The molecule has 1 atom stereocenters. The van der Waals surface area contributed by atoms with Gasteiger partial charge >= 0.3 is 0 Å². The topological polar surface area (TPSA) is 12.0 Å².